The molecule has 0 aliphatic rings. The molecule has 1 amide bonds. The van der Waals surface area contributed by atoms with E-state index >= 15 is 0 Å². The van der Waals surface area contributed by atoms with E-state index in [-0.39, 0.29) is 5.91 Å². The molecule has 2 aromatic heterocycles. The highest BCUT2D eigenvalue weighted by molar-refractivity contribution is 7.20. The van der Waals surface area contributed by atoms with E-state index in [2.05, 4.69) is 27.4 Å². The number of carbonyl (C=O) groups excluding carboxylic acids is 1. The Balaban J connectivity index is 1.59. The van der Waals surface area contributed by atoms with Crippen molar-refractivity contribution in [3.63, 3.8) is 0 Å². The van der Waals surface area contributed by atoms with Gasteiger partial charge < -0.3 is 10.2 Å². The summed E-state index contributed by atoms with van der Waals surface area (Å²) in [5.41, 5.74) is 2.10. The smallest absolute Gasteiger partial charge is 0.261 e. The van der Waals surface area contributed by atoms with Crippen LogP contribution in [0.2, 0.25) is 0 Å². The van der Waals surface area contributed by atoms with Crippen molar-refractivity contribution in [1.82, 2.24) is 15.1 Å². The van der Waals surface area contributed by atoms with E-state index in [4.69, 9.17) is 0 Å². The van der Waals surface area contributed by atoms with Crippen molar-refractivity contribution in [2.45, 2.75) is 6.92 Å². The number of rotatable bonds is 5. The van der Waals surface area contributed by atoms with Gasteiger partial charge in [-0.25, -0.2) is 0 Å². The van der Waals surface area contributed by atoms with E-state index in [9.17, 15) is 4.79 Å². The zero-order valence-electron chi connectivity index (χ0n) is 13.5. The van der Waals surface area contributed by atoms with Gasteiger partial charge in [-0.2, -0.15) is 5.10 Å². The van der Waals surface area contributed by atoms with Crippen LogP contribution in [-0.2, 0) is 7.05 Å². The number of carbonyl (C=O) groups is 1. The molecule has 1 aromatic carbocycles. The van der Waals surface area contributed by atoms with Gasteiger partial charge in [-0.15, -0.1) is 11.3 Å². The van der Waals surface area contributed by atoms with Crippen molar-refractivity contribution in [3.8, 4) is 0 Å². The van der Waals surface area contributed by atoms with Crippen molar-refractivity contribution in [3.05, 3.63) is 47.0 Å². The second-order valence-corrected chi connectivity index (χ2v) is 6.58. The van der Waals surface area contributed by atoms with E-state index in [1.54, 1.807) is 0 Å². The predicted molar refractivity (Wildman–Crippen MR) is 95.4 cm³/mol. The average Bonchev–Trinajstić information content (AvgIpc) is 3.10. The van der Waals surface area contributed by atoms with Crippen LogP contribution in [0.3, 0.4) is 0 Å². The lowest BCUT2D eigenvalue weighted by Crippen LogP contribution is -2.32. The summed E-state index contributed by atoms with van der Waals surface area (Å²) in [5.74, 6) is -0.0212. The highest BCUT2D eigenvalue weighted by Gasteiger charge is 2.14. The molecule has 6 heteroatoms. The van der Waals surface area contributed by atoms with Gasteiger partial charge in [-0.3, -0.25) is 9.48 Å². The summed E-state index contributed by atoms with van der Waals surface area (Å²) < 4.78 is 1.83. The molecule has 0 spiro atoms. The SMILES string of the molecule is Cc1nn(C)c2sc(C(=O)NCCN(C)c3ccccc3)cc12. The summed E-state index contributed by atoms with van der Waals surface area (Å²) in [6, 6.07) is 12.1. The third-order valence-electron chi connectivity index (χ3n) is 3.85. The monoisotopic (exact) mass is 328 g/mol. The number of aromatic nitrogens is 2. The molecule has 2 heterocycles. The molecule has 0 radical (unpaired) electrons. The highest BCUT2D eigenvalue weighted by atomic mass is 32.1. The minimum absolute atomic E-state index is 0.0212. The summed E-state index contributed by atoms with van der Waals surface area (Å²) in [6.07, 6.45) is 0. The molecule has 5 nitrogen and oxygen atoms in total. The summed E-state index contributed by atoms with van der Waals surface area (Å²) in [6.45, 7) is 3.34. The van der Waals surface area contributed by atoms with Gasteiger partial charge in [0, 0.05) is 38.3 Å². The Kier molecular flexibility index (Phi) is 4.34. The number of anilines is 1. The van der Waals surface area contributed by atoms with E-state index in [0.29, 0.717) is 6.54 Å². The Labute approximate surface area is 139 Å². The summed E-state index contributed by atoms with van der Waals surface area (Å²) in [5, 5.41) is 8.41. The highest BCUT2D eigenvalue weighted by Crippen LogP contribution is 2.27. The van der Waals surface area contributed by atoms with Gasteiger partial charge in [0.15, 0.2) is 0 Å². The molecule has 23 heavy (non-hydrogen) atoms. The second kappa shape index (κ2) is 6.42. The third kappa shape index (κ3) is 3.22. The fourth-order valence-electron chi connectivity index (χ4n) is 2.55. The summed E-state index contributed by atoms with van der Waals surface area (Å²) in [4.78, 5) is 16.2. The van der Waals surface area contributed by atoms with Gasteiger partial charge in [0.05, 0.1) is 10.6 Å². The zero-order valence-corrected chi connectivity index (χ0v) is 14.4. The van der Waals surface area contributed by atoms with Gasteiger partial charge in [0.1, 0.15) is 4.83 Å². The van der Waals surface area contributed by atoms with Crippen LogP contribution in [0, 0.1) is 6.92 Å². The molecular formula is C17H20N4OS. The van der Waals surface area contributed by atoms with Crippen LogP contribution >= 0.6 is 11.3 Å². The van der Waals surface area contributed by atoms with E-state index in [0.717, 1.165) is 33.0 Å². The first-order chi connectivity index (χ1) is 11.1. The molecular weight excluding hydrogens is 308 g/mol. The number of thiophene rings is 1. The molecule has 1 N–H and O–H groups in total. The Morgan fingerprint density at radius 1 is 1.35 bits per heavy atom. The maximum Gasteiger partial charge on any atom is 0.261 e. The Morgan fingerprint density at radius 3 is 2.78 bits per heavy atom. The number of para-hydroxylation sites is 1. The van der Waals surface area contributed by atoms with Crippen molar-refractivity contribution < 1.29 is 4.79 Å². The zero-order chi connectivity index (χ0) is 16.4. The lowest BCUT2D eigenvalue weighted by molar-refractivity contribution is 0.0959. The van der Waals surface area contributed by atoms with Gasteiger partial charge in [0.25, 0.3) is 5.91 Å². The Hall–Kier alpha value is -2.34. The van der Waals surface area contributed by atoms with Crippen molar-refractivity contribution in [2.24, 2.45) is 7.05 Å². The Morgan fingerprint density at radius 2 is 2.09 bits per heavy atom. The van der Waals surface area contributed by atoms with Gasteiger partial charge in [-0.1, -0.05) is 18.2 Å². The largest absolute Gasteiger partial charge is 0.373 e. The average molecular weight is 328 g/mol. The van der Waals surface area contributed by atoms with Crippen LogP contribution in [0.15, 0.2) is 36.4 Å². The summed E-state index contributed by atoms with van der Waals surface area (Å²) in [7, 11) is 3.93. The van der Waals surface area contributed by atoms with Crippen LogP contribution in [0.5, 0.6) is 0 Å². The molecule has 0 saturated carbocycles. The summed E-state index contributed by atoms with van der Waals surface area (Å²) >= 11 is 1.48. The number of hydrogen-bond acceptors (Lipinski definition) is 4. The number of likely N-dealkylation sites (N-methyl/N-ethyl adjacent to an activating group) is 1. The van der Waals surface area contributed by atoms with E-state index in [1.165, 1.54) is 11.3 Å². The molecule has 0 saturated heterocycles. The quantitative estimate of drug-likeness (QED) is 0.783. The number of benzene rings is 1. The topological polar surface area (TPSA) is 50.2 Å². The molecule has 0 fully saturated rings. The minimum atomic E-state index is -0.0212. The lowest BCUT2D eigenvalue weighted by atomic mass is 10.3. The van der Waals surface area contributed by atoms with Crippen molar-refractivity contribution >= 4 is 33.1 Å². The number of nitrogens with one attached hydrogen (secondary N) is 1. The number of amides is 1. The molecule has 0 bridgehead atoms. The van der Waals surface area contributed by atoms with Crippen LogP contribution in [0.4, 0.5) is 5.69 Å². The minimum Gasteiger partial charge on any atom is -0.373 e. The van der Waals surface area contributed by atoms with Crippen molar-refractivity contribution in [1.29, 1.82) is 0 Å². The maximum atomic E-state index is 12.3. The normalized spacial score (nSPS) is 10.9. The standard InChI is InChI=1S/C17H20N4OS/c1-12-14-11-15(23-17(14)21(3)19-12)16(22)18-9-10-20(2)13-7-5-4-6-8-13/h4-8,11H,9-10H2,1-3H3,(H,18,22). The maximum absolute atomic E-state index is 12.3. The van der Waals surface area contributed by atoms with Crippen molar-refractivity contribution in [2.75, 3.05) is 25.0 Å². The molecule has 0 aliphatic heterocycles. The number of aryl methyl sites for hydroxylation is 2. The van der Waals surface area contributed by atoms with Gasteiger partial charge in [-0.05, 0) is 25.1 Å². The number of fused-ring (bicyclic) bond motifs is 1. The Bertz CT molecular complexity index is 787. The third-order valence-corrected chi connectivity index (χ3v) is 5.05. The van der Waals surface area contributed by atoms with Gasteiger partial charge >= 0.3 is 0 Å². The first-order valence-corrected chi connectivity index (χ1v) is 8.35. The van der Waals surface area contributed by atoms with E-state index in [1.807, 2.05) is 50.0 Å². The fraction of sp³-hybridized carbons (Fsp3) is 0.294. The molecule has 0 unspecified atom stereocenters. The molecule has 0 aliphatic carbocycles. The lowest BCUT2D eigenvalue weighted by Gasteiger charge is -2.19. The number of nitrogens with zero attached hydrogens (tertiary/aromatic N) is 3. The molecule has 3 rings (SSSR count). The predicted octanol–water partition coefficient (Wildman–Crippen LogP) is 2.81. The molecule has 120 valence electrons. The van der Waals surface area contributed by atoms with Crippen LogP contribution in [0.1, 0.15) is 15.4 Å². The molecule has 0 atom stereocenters. The van der Waals surface area contributed by atoms with Crippen LogP contribution in [0.25, 0.3) is 10.2 Å². The van der Waals surface area contributed by atoms with Crippen LogP contribution < -0.4 is 10.2 Å². The first-order valence-electron chi connectivity index (χ1n) is 7.54. The fourth-order valence-corrected chi connectivity index (χ4v) is 3.59. The molecule has 3 aromatic rings. The van der Waals surface area contributed by atoms with Gasteiger partial charge in [0.2, 0.25) is 0 Å². The second-order valence-electron chi connectivity index (χ2n) is 5.55. The number of hydrogen-bond donors (Lipinski definition) is 1. The van der Waals surface area contributed by atoms with Crippen LogP contribution in [-0.4, -0.2) is 35.8 Å². The van der Waals surface area contributed by atoms with E-state index < -0.39 is 0 Å². The first kappa shape index (κ1) is 15.6.